The second-order valence-electron chi connectivity index (χ2n) is 9.23. The van der Waals surface area contributed by atoms with Gasteiger partial charge in [0.05, 0.1) is 5.56 Å². The Labute approximate surface area is 229 Å². The minimum Gasteiger partial charge on any atom is -0.423 e. The lowest BCUT2D eigenvalue weighted by Crippen LogP contribution is -2.11. The molecule has 0 spiro atoms. The first-order valence-corrected chi connectivity index (χ1v) is 14.5. The molecule has 0 amide bonds. The van der Waals surface area contributed by atoms with Crippen LogP contribution in [0.1, 0.15) is 17.3 Å². The number of benzene rings is 5. The maximum atomic E-state index is 13.3. The number of hydrogen-bond donors (Lipinski definition) is 0. The van der Waals surface area contributed by atoms with Crippen LogP contribution in [-0.2, 0) is 4.79 Å². The second-order valence-corrected chi connectivity index (χ2v) is 12.5. The van der Waals surface area contributed by atoms with E-state index < -0.39 is 22.0 Å². The van der Waals surface area contributed by atoms with Gasteiger partial charge in [0.1, 0.15) is 11.5 Å². The molecule has 5 aromatic carbocycles. The van der Waals surface area contributed by atoms with Crippen molar-refractivity contribution in [3.05, 3.63) is 139 Å². The van der Waals surface area contributed by atoms with Crippen LogP contribution in [0.3, 0.4) is 0 Å². The minimum absolute atomic E-state index is 0.295. The van der Waals surface area contributed by atoms with Gasteiger partial charge < -0.3 is 9.47 Å². The van der Waals surface area contributed by atoms with Crippen molar-refractivity contribution in [1.82, 2.24) is 0 Å². The second kappa shape index (κ2) is 11.0. The van der Waals surface area contributed by atoms with Crippen molar-refractivity contribution in [2.45, 2.75) is 21.6 Å². The van der Waals surface area contributed by atoms with Crippen molar-refractivity contribution >= 4 is 32.7 Å². The van der Waals surface area contributed by atoms with Crippen LogP contribution in [0.25, 0.3) is 10.8 Å². The van der Waals surface area contributed by atoms with Crippen LogP contribution in [0.4, 0.5) is 0 Å². The molecule has 0 aromatic heterocycles. The molecule has 0 N–H and O–H groups in total. The first-order chi connectivity index (χ1) is 18.9. The van der Waals surface area contributed by atoms with Crippen molar-refractivity contribution in [1.29, 1.82) is 0 Å². The highest BCUT2D eigenvalue weighted by molar-refractivity contribution is 8.33. The first kappa shape index (κ1) is 26.0. The van der Waals surface area contributed by atoms with E-state index in [4.69, 9.17) is 9.47 Å². The minimum atomic E-state index is -1.51. The Hall–Kier alpha value is -4.61. The van der Waals surface area contributed by atoms with Crippen molar-refractivity contribution in [2.75, 3.05) is 6.26 Å². The van der Waals surface area contributed by atoms with Gasteiger partial charge in [0.2, 0.25) is 0 Å². The topological polar surface area (TPSA) is 52.6 Å². The van der Waals surface area contributed by atoms with Crippen LogP contribution >= 0.6 is 10.0 Å². The average Bonchev–Trinajstić information content (AvgIpc) is 2.98. The van der Waals surface area contributed by atoms with Gasteiger partial charge in [-0.1, -0.05) is 67.2 Å². The first-order valence-electron chi connectivity index (χ1n) is 12.5. The van der Waals surface area contributed by atoms with E-state index in [0.29, 0.717) is 33.4 Å². The zero-order chi connectivity index (χ0) is 27.4. The molecule has 39 heavy (non-hydrogen) atoms. The highest BCUT2D eigenvalue weighted by atomic mass is 32.3. The molecule has 5 aromatic rings. The van der Waals surface area contributed by atoms with E-state index in [1.807, 2.05) is 54.6 Å². The number of rotatable bonds is 7. The average molecular weight is 533 g/mol. The van der Waals surface area contributed by atoms with Gasteiger partial charge in [-0.25, -0.2) is 9.59 Å². The number of carbonyl (C=O) groups is 2. The molecule has 0 saturated heterocycles. The lowest BCUT2D eigenvalue weighted by atomic mass is 10.0. The largest absolute Gasteiger partial charge is 0.423 e. The summed E-state index contributed by atoms with van der Waals surface area (Å²) < 4.78 is 11.3. The smallest absolute Gasteiger partial charge is 0.344 e. The van der Waals surface area contributed by atoms with E-state index in [-0.39, 0.29) is 0 Å². The summed E-state index contributed by atoms with van der Waals surface area (Å²) in [6.07, 6.45) is 2.28. The number of ether oxygens (including phenoxy) is 2. The lowest BCUT2D eigenvalue weighted by Gasteiger charge is -2.37. The zero-order valence-corrected chi connectivity index (χ0v) is 22.6. The van der Waals surface area contributed by atoms with E-state index in [9.17, 15) is 9.59 Å². The molecule has 5 heteroatoms. The summed E-state index contributed by atoms with van der Waals surface area (Å²) in [7, 11) is -1.51. The number of fused-ring (bicyclic) bond motifs is 1. The van der Waals surface area contributed by atoms with Gasteiger partial charge in [-0.3, -0.25) is 0 Å². The third kappa shape index (κ3) is 5.22. The maximum Gasteiger partial charge on any atom is 0.344 e. The van der Waals surface area contributed by atoms with Crippen LogP contribution < -0.4 is 9.47 Å². The summed E-state index contributed by atoms with van der Waals surface area (Å²) >= 11 is 0. The van der Waals surface area contributed by atoms with E-state index >= 15 is 0 Å². The monoisotopic (exact) mass is 532 g/mol. The molecule has 4 nitrogen and oxygen atoms in total. The summed E-state index contributed by atoms with van der Waals surface area (Å²) in [6, 6.07) is 39.2. The molecule has 0 aliphatic carbocycles. The van der Waals surface area contributed by atoms with E-state index in [1.165, 1.54) is 9.79 Å². The van der Waals surface area contributed by atoms with Crippen LogP contribution in [0, 0.1) is 0 Å². The molecule has 0 saturated carbocycles. The fourth-order valence-corrected chi connectivity index (χ4v) is 7.36. The Morgan fingerprint density at radius 3 is 1.69 bits per heavy atom. The van der Waals surface area contributed by atoms with Crippen LogP contribution in [-0.4, -0.2) is 18.2 Å². The summed E-state index contributed by atoms with van der Waals surface area (Å²) in [5.74, 6) is -0.189. The standard InChI is InChI=1S/C34H28O4S/c1-24(2)33(35)38-32-23-22-31(29-16-10-11-17-30(29)32)34(36)37-25-18-20-28(21-19-25)39(3,26-12-6-4-7-13-26)27-14-8-5-9-15-27/h4-23H,1H2,2-3H3. The predicted octanol–water partition coefficient (Wildman–Crippen LogP) is 8.45. The van der Waals surface area contributed by atoms with Crippen molar-refractivity contribution < 1.29 is 19.1 Å². The highest BCUT2D eigenvalue weighted by Gasteiger charge is 2.26. The summed E-state index contributed by atoms with van der Waals surface area (Å²) in [5.41, 5.74) is 0.678. The van der Waals surface area contributed by atoms with Gasteiger partial charge in [0, 0.05) is 11.0 Å². The quantitative estimate of drug-likeness (QED) is 0.120. The Morgan fingerprint density at radius 2 is 1.13 bits per heavy atom. The number of carbonyl (C=O) groups excluding carboxylic acids is 2. The molecule has 0 fully saturated rings. The van der Waals surface area contributed by atoms with E-state index in [2.05, 4.69) is 61.4 Å². The molecule has 0 bridgehead atoms. The molecule has 0 heterocycles. The Kier molecular flexibility index (Phi) is 7.35. The van der Waals surface area contributed by atoms with Crippen molar-refractivity contribution in [2.24, 2.45) is 0 Å². The fourth-order valence-electron chi connectivity index (χ4n) is 4.46. The van der Waals surface area contributed by atoms with Gasteiger partial charge in [-0.05, 0) is 93.9 Å². The number of hydrogen-bond acceptors (Lipinski definition) is 4. The third-order valence-electron chi connectivity index (χ3n) is 6.59. The molecule has 0 atom stereocenters. The SMILES string of the molecule is C=C(C)C(=O)Oc1ccc(C(=O)Oc2ccc(S(C)(c3ccccc3)c3ccccc3)cc2)c2ccccc12. The fraction of sp³-hybridized carbons (Fsp3) is 0.0588. The van der Waals surface area contributed by atoms with Crippen LogP contribution in [0.5, 0.6) is 11.5 Å². The zero-order valence-electron chi connectivity index (χ0n) is 21.8. The number of esters is 2. The molecular formula is C34H28O4S. The molecule has 0 unspecified atom stereocenters. The predicted molar refractivity (Wildman–Crippen MR) is 157 cm³/mol. The van der Waals surface area contributed by atoms with Gasteiger partial charge >= 0.3 is 11.9 Å². The molecular weight excluding hydrogens is 504 g/mol. The van der Waals surface area contributed by atoms with Crippen LogP contribution in [0.2, 0.25) is 0 Å². The summed E-state index contributed by atoms with van der Waals surface area (Å²) in [5, 5.41) is 1.28. The van der Waals surface area contributed by atoms with Crippen molar-refractivity contribution in [3.63, 3.8) is 0 Å². The molecule has 194 valence electrons. The Bertz CT molecular complexity index is 1620. The van der Waals surface area contributed by atoms with Crippen molar-refractivity contribution in [3.8, 4) is 11.5 Å². The third-order valence-corrected chi connectivity index (χ3v) is 10.2. The normalized spacial score (nSPS) is 11.5. The van der Waals surface area contributed by atoms with E-state index in [0.717, 1.165) is 4.90 Å². The van der Waals surface area contributed by atoms with Crippen LogP contribution in [0.15, 0.2) is 148 Å². The Balaban J connectivity index is 1.44. The highest BCUT2D eigenvalue weighted by Crippen LogP contribution is 2.65. The summed E-state index contributed by atoms with van der Waals surface area (Å²) in [6.45, 7) is 5.22. The molecule has 0 aliphatic heterocycles. The van der Waals surface area contributed by atoms with Gasteiger partial charge in [-0.2, -0.15) is 10.0 Å². The molecule has 5 rings (SSSR count). The molecule has 0 aliphatic rings. The van der Waals surface area contributed by atoms with Gasteiger partial charge in [-0.15, -0.1) is 0 Å². The van der Waals surface area contributed by atoms with E-state index in [1.54, 1.807) is 25.1 Å². The van der Waals surface area contributed by atoms with Gasteiger partial charge in [0.15, 0.2) is 0 Å². The maximum absolute atomic E-state index is 13.3. The van der Waals surface area contributed by atoms with Gasteiger partial charge in [0.25, 0.3) is 0 Å². The Morgan fingerprint density at radius 1 is 0.615 bits per heavy atom. The summed E-state index contributed by atoms with van der Waals surface area (Å²) in [4.78, 5) is 29.0. The molecule has 0 radical (unpaired) electrons. The lowest BCUT2D eigenvalue weighted by molar-refractivity contribution is -0.129.